The third-order valence-corrected chi connectivity index (χ3v) is 3.02. The number of nitrogens with two attached hydrogens (primary N) is 1. The Morgan fingerprint density at radius 2 is 2.16 bits per heavy atom. The Labute approximate surface area is 113 Å². The van der Waals surface area contributed by atoms with E-state index in [2.05, 4.69) is 10.6 Å². The monoisotopic (exact) mass is 285 g/mol. The van der Waals surface area contributed by atoms with Gasteiger partial charge >= 0.3 is 12.0 Å². The summed E-state index contributed by atoms with van der Waals surface area (Å²) in [6.07, 6.45) is 0.220. The standard InChI is InChI=1S/C11H15N3O4S/c12-9(15)5-8(10(16)17)14-11(18)13-3-1-7-2-4-19-6-7/h2,4,6,8H,1,3,5H2,(H2,12,15)(H,16,17)(H2,13,14,18)/t8-/m1/s1. The van der Waals surface area contributed by atoms with Gasteiger partial charge < -0.3 is 21.5 Å². The number of urea groups is 1. The van der Waals surface area contributed by atoms with Crippen LogP contribution in [0.1, 0.15) is 12.0 Å². The summed E-state index contributed by atoms with van der Waals surface area (Å²) in [5.41, 5.74) is 5.99. The Morgan fingerprint density at radius 1 is 1.42 bits per heavy atom. The van der Waals surface area contributed by atoms with Crippen LogP contribution in [0, 0.1) is 0 Å². The van der Waals surface area contributed by atoms with E-state index < -0.39 is 30.4 Å². The number of rotatable bonds is 7. The van der Waals surface area contributed by atoms with Crippen molar-refractivity contribution >= 4 is 29.2 Å². The van der Waals surface area contributed by atoms with E-state index in [-0.39, 0.29) is 0 Å². The smallest absolute Gasteiger partial charge is 0.326 e. The molecular formula is C11H15N3O4S. The zero-order valence-electron chi connectivity index (χ0n) is 10.1. The number of carboxylic acid groups (broad SMARTS) is 1. The molecule has 1 aromatic heterocycles. The van der Waals surface area contributed by atoms with Crippen LogP contribution < -0.4 is 16.4 Å². The van der Waals surface area contributed by atoms with Crippen LogP contribution in [0.5, 0.6) is 0 Å². The molecule has 1 rings (SSSR count). The fourth-order valence-corrected chi connectivity index (χ4v) is 2.07. The van der Waals surface area contributed by atoms with Crippen LogP contribution in [0.15, 0.2) is 16.8 Å². The predicted molar refractivity (Wildman–Crippen MR) is 69.8 cm³/mol. The van der Waals surface area contributed by atoms with Gasteiger partial charge in [0, 0.05) is 6.54 Å². The zero-order valence-corrected chi connectivity index (χ0v) is 10.9. The van der Waals surface area contributed by atoms with Crippen molar-refractivity contribution in [3.05, 3.63) is 22.4 Å². The SMILES string of the molecule is NC(=O)C[C@@H](NC(=O)NCCc1ccsc1)C(=O)O. The molecular weight excluding hydrogens is 270 g/mol. The van der Waals surface area contributed by atoms with E-state index in [0.29, 0.717) is 13.0 Å². The first-order chi connectivity index (χ1) is 8.99. The van der Waals surface area contributed by atoms with Gasteiger partial charge in [-0.25, -0.2) is 9.59 Å². The first kappa shape index (κ1) is 15.0. The van der Waals surface area contributed by atoms with Crippen molar-refractivity contribution in [2.24, 2.45) is 5.73 Å². The summed E-state index contributed by atoms with van der Waals surface area (Å²) in [7, 11) is 0. The average molecular weight is 285 g/mol. The topological polar surface area (TPSA) is 122 Å². The molecule has 0 saturated heterocycles. The van der Waals surface area contributed by atoms with Crippen LogP contribution in [-0.4, -0.2) is 35.6 Å². The molecule has 0 bridgehead atoms. The fraction of sp³-hybridized carbons (Fsp3) is 0.364. The highest BCUT2D eigenvalue weighted by atomic mass is 32.1. The second-order valence-electron chi connectivity index (χ2n) is 3.84. The highest BCUT2D eigenvalue weighted by Crippen LogP contribution is 2.05. The minimum absolute atomic E-state index is 0.380. The molecule has 104 valence electrons. The third kappa shape index (κ3) is 5.87. The number of carbonyl (C=O) groups excluding carboxylic acids is 2. The minimum atomic E-state index is -1.31. The van der Waals surface area contributed by atoms with Gasteiger partial charge in [-0.1, -0.05) is 0 Å². The molecule has 0 unspecified atom stereocenters. The average Bonchev–Trinajstić information content (AvgIpc) is 2.80. The lowest BCUT2D eigenvalue weighted by Gasteiger charge is -2.13. The summed E-state index contributed by atoms with van der Waals surface area (Å²) in [6.45, 7) is 0.380. The van der Waals surface area contributed by atoms with Crippen LogP contribution in [0.25, 0.3) is 0 Å². The summed E-state index contributed by atoms with van der Waals surface area (Å²) in [5.74, 6) is -2.09. The molecule has 1 aromatic rings. The van der Waals surface area contributed by atoms with Crippen LogP contribution in [0.2, 0.25) is 0 Å². The Morgan fingerprint density at radius 3 is 2.68 bits per heavy atom. The summed E-state index contributed by atoms with van der Waals surface area (Å²) in [6, 6.07) is -0.000246. The number of carboxylic acids is 1. The van der Waals surface area contributed by atoms with E-state index in [4.69, 9.17) is 10.8 Å². The molecule has 0 spiro atoms. The Hall–Kier alpha value is -2.09. The van der Waals surface area contributed by atoms with Crippen molar-refractivity contribution in [3.8, 4) is 0 Å². The van der Waals surface area contributed by atoms with Gasteiger partial charge in [0.05, 0.1) is 6.42 Å². The molecule has 0 aliphatic carbocycles. The summed E-state index contributed by atoms with van der Waals surface area (Å²) >= 11 is 1.56. The highest BCUT2D eigenvalue weighted by Gasteiger charge is 2.21. The maximum Gasteiger partial charge on any atom is 0.326 e. The third-order valence-electron chi connectivity index (χ3n) is 2.29. The van der Waals surface area contributed by atoms with Crippen LogP contribution in [0.4, 0.5) is 4.79 Å². The van der Waals surface area contributed by atoms with Crippen molar-refractivity contribution in [1.82, 2.24) is 10.6 Å². The molecule has 1 heterocycles. The number of thiophene rings is 1. The van der Waals surface area contributed by atoms with Crippen molar-refractivity contribution in [2.45, 2.75) is 18.9 Å². The Bertz CT molecular complexity index is 447. The molecule has 0 saturated carbocycles. The van der Waals surface area contributed by atoms with Crippen LogP contribution >= 0.6 is 11.3 Å². The molecule has 19 heavy (non-hydrogen) atoms. The molecule has 8 heteroatoms. The van der Waals surface area contributed by atoms with Gasteiger partial charge in [-0.3, -0.25) is 4.79 Å². The number of amides is 3. The predicted octanol–water partition coefficient (Wildman–Crippen LogP) is -0.0816. The van der Waals surface area contributed by atoms with Gasteiger partial charge in [0.1, 0.15) is 6.04 Å². The Balaban J connectivity index is 2.32. The van der Waals surface area contributed by atoms with Gasteiger partial charge in [0.25, 0.3) is 0 Å². The first-order valence-electron chi connectivity index (χ1n) is 5.55. The second kappa shape index (κ2) is 7.37. The molecule has 0 aliphatic rings. The van der Waals surface area contributed by atoms with Gasteiger partial charge in [0.2, 0.25) is 5.91 Å². The number of aliphatic carboxylic acids is 1. The zero-order chi connectivity index (χ0) is 14.3. The summed E-state index contributed by atoms with van der Waals surface area (Å²) < 4.78 is 0. The maximum absolute atomic E-state index is 11.4. The van der Waals surface area contributed by atoms with Gasteiger partial charge in [-0.05, 0) is 28.8 Å². The normalized spacial score (nSPS) is 11.6. The van der Waals surface area contributed by atoms with E-state index in [1.165, 1.54) is 0 Å². The number of carbonyl (C=O) groups is 3. The molecule has 1 atom stereocenters. The largest absolute Gasteiger partial charge is 0.480 e. The Kier molecular flexibility index (Phi) is 5.80. The fourth-order valence-electron chi connectivity index (χ4n) is 1.37. The van der Waals surface area contributed by atoms with E-state index in [1.807, 2.05) is 16.8 Å². The lowest BCUT2D eigenvalue weighted by Crippen LogP contribution is -2.48. The van der Waals surface area contributed by atoms with Crippen molar-refractivity contribution < 1.29 is 19.5 Å². The van der Waals surface area contributed by atoms with Gasteiger partial charge in [-0.2, -0.15) is 11.3 Å². The van der Waals surface area contributed by atoms with Gasteiger partial charge in [-0.15, -0.1) is 0 Å². The van der Waals surface area contributed by atoms with Crippen LogP contribution in [-0.2, 0) is 16.0 Å². The van der Waals surface area contributed by atoms with Crippen molar-refractivity contribution in [3.63, 3.8) is 0 Å². The van der Waals surface area contributed by atoms with Gasteiger partial charge in [0.15, 0.2) is 0 Å². The second-order valence-corrected chi connectivity index (χ2v) is 4.62. The van der Waals surface area contributed by atoms with Crippen LogP contribution in [0.3, 0.4) is 0 Å². The molecule has 0 aliphatic heterocycles. The molecule has 3 amide bonds. The number of hydrogen-bond acceptors (Lipinski definition) is 4. The van der Waals surface area contributed by atoms with E-state index >= 15 is 0 Å². The summed E-state index contributed by atoms with van der Waals surface area (Å²) in [5, 5.41) is 17.4. The molecule has 0 radical (unpaired) electrons. The quantitative estimate of drug-likeness (QED) is 0.559. The number of hydrogen-bond donors (Lipinski definition) is 4. The highest BCUT2D eigenvalue weighted by molar-refractivity contribution is 7.07. The van der Waals surface area contributed by atoms with Crippen molar-refractivity contribution in [2.75, 3.05) is 6.54 Å². The minimum Gasteiger partial charge on any atom is -0.480 e. The lowest BCUT2D eigenvalue weighted by atomic mass is 10.2. The summed E-state index contributed by atoms with van der Waals surface area (Å²) in [4.78, 5) is 32.9. The number of nitrogens with one attached hydrogen (secondary N) is 2. The van der Waals surface area contributed by atoms with E-state index in [1.54, 1.807) is 11.3 Å². The van der Waals surface area contributed by atoms with Crippen molar-refractivity contribution in [1.29, 1.82) is 0 Å². The maximum atomic E-state index is 11.4. The number of primary amides is 1. The first-order valence-corrected chi connectivity index (χ1v) is 6.50. The molecule has 0 fully saturated rings. The van der Waals surface area contributed by atoms with E-state index in [0.717, 1.165) is 5.56 Å². The molecule has 7 nitrogen and oxygen atoms in total. The molecule has 0 aromatic carbocycles. The molecule has 5 N–H and O–H groups in total. The lowest BCUT2D eigenvalue weighted by molar-refractivity contribution is -0.140. The van der Waals surface area contributed by atoms with E-state index in [9.17, 15) is 14.4 Å².